The number of rotatable bonds is 2. The summed E-state index contributed by atoms with van der Waals surface area (Å²) in [6, 6.07) is 0. The molecule has 2 aliphatic rings. The van der Waals surface area contributed by atoms with Gasteiger partial charge in [-0.2, -0.15) is 0 Å². The van der Waals surface area contributed by atoms with E-state index in [0.29, 0.717) is 11.1 Å². The Morgan fingerprint density at radius 1 is 0.714 bits per heavy atom. The average Bonchev–Trinajstić information content (AvgIpc) is 2.51. The number of allylic oxidation sites excluding steroid dienone is 4. The summed E-state index contributed by atoms with van der Waals surface area (Å²) in [5.41, 5.74) is 1.01. The van der Waals surface area contributed by atoms with Crippen LogP contribution in [0.15, 0.2) is 70.9 Å². The Labute approximate surface area is 171 Å². The Kier molecular flexibility index (Phi) is 5.40. The van der Waals surface area contributed by atoms with E-state index in [1.54, 1.807) is 11.9 Å². The lowest BCUT2D eigenvalue weighted by atomic mass is 9.69. The van der Waals surface area contributed by atoms with Gasteiger partial charge in [0.2, 0.25) is 0 Å². The molecule has 3 heteroatoms. The van der Waals surface area contributed by atoms with E-state index in [-0.39, 0.29) is 10.8 Å². The first-order valence-corrected chi connectivity index (χ1v) is 9.86. The highest BCUT2D eigenvalue weighted by Crippen LogP contribution is 2.51. The molecule has 154 valence electrons. The van der Waals surface area contributed by atoms with Crippen molar-refractivity contribution in [2.24, 2.45) is 10.8 Å². The predicted octanol–water partition coefficient (Wildman–Crippen LogP) is 5.27. The lowest BCUT2D eigenvalue weighted by Crippen LogP contribution is -2.65. The number of likely N-dealkylation sites (N-methyl/N-ethyl adjacent to an activating group) is 1. The van der Waals surface area contributed by atoms with Gasteiger partial charge in [0.25, 0.3) is 0 Å². The molecule has 3 nitrogen and oxygen atoms in total. The molecule has 2 aliphatic carbocycles. The molecule has 0 spiro atoms. The number of aliphatic hydroxyl groups is 2. The van der Waals surface area contributed by atoms with Crippen molar-refractivity contribution >= 4 is 0 Å². The van der Waals surface area contributed by atoms with Crippen LogP contribution >= 0.6 is 0 Å². The summed E-state index contributed by atoms with van der Waals surface area (Å²) in [6.45, 7) is 24.7. The first kappa shape index (κ1) is 22.6. The Morgan fingerprint density at radius 3 is 1.25 bits per heavy atom. The lowest BCUT2D eigenvalue weighted by molar-refractivity contribution is -0.157. The zero-order chi connectivity index (χ0) is 21.9. The highest BCUT2D eigenvalue weighted by Gasteiger charge is 2.55. The smallest absolute Gasteiger partial charge is 0.169 e. The minimum atomic E-state index is -1.54. The molecule has 0 aliphatic heterocycles. The lowest BCUT2D eigenvalue weighted by Gasteiger charge is -2.55. The van der Waals surface area contributed by atoms with Gasteiger partial charge in [0.05, 0.1) is 0 Å². The van der Waals surface area contributed by atoms with Crippen LogP contribution < -0.4 is 0 Å². The molecule has 2 atom stereocenters. The van der Waals surface area contributed by atoms with Gasteiger partial charge in [0, 0.05) is 0 Å². The van der Waals surface area contributed by atoms with E-state index in [9.17, 15) is 10.2 Å². The standard InChI is InChI=1S/C25H37NO2/c1-16-12-18(3)24(27,20(14-16)22(5,6)7)26(11)25(28)19(4)13-17(2)15-21(25)23(8,9)10/h12-15,27-28H,3-4H2,1-2,5-11H3. The van der Waals surface area contributed by atoms with Crippen LogP contribution in [0, 0.1) is 10.8 Å². The van der Waals surface area contributed by atoms with Gasteiger partial charge in [-0.05, 0) is 54.0 Å². The van der Waals surface area contributed by atoms with Crippen LogP contribution in [0.3, 0.4) is 0 Å². The molecule has 0 fully saturated rings. The molecule has 0 saturated carbocycles. The predicted molar refractivity (Wildman–Crippen MR) is 119 cm³/mol. The van der Waals surface area contributed by atoms with Gasteiger partial charge in [0.15, 0.2) is 11.4 Å². The van der Waals surface area contributed by atoms with Crippen LogP contribution in [-0.2, 0) is 0 Å². The van der Waals surface area contributed by atoms with Crippen LogP contribution in [0.2, 0.25) is 0 Å². The zero-order valence-electron chi connectivity index (χ0n) is 19.1. The van der Waals surface area contributed by atoms with Crippen LogP contribution in [0.5, 0.6) is 0 Å². The monoisotopic (exact) mass is 383 g/mol. The fourth-order valence-electron chi connectivity index (χ4n) is 4.34. The van der Waals surface area contributed by atoms with Crippen molar-refractivity contribution in [3.63, 3.8) is 0 Å². The van der Waals surface area contributed by atoms with Crippen molar-refractivity contribution in [3.8, 4) is 0 Å². The third-order valence-electron chi connectivity index (χ3n) is 5.78. The molecule has 0 aromatic rings. The quantitative estimate of drug-likeness (QED) is 0.638. The molecule has 0 heterocycles. The summed E-state index contributed by atoms with van der Waals surface area (Å²) >= 11 is 0. The van der Waals surface area contributed by atoms with Crippen LogP contribution in [0.1, 0.15) is 55.4 Å². The van der Waals surface area contributed by atoms with Crippen molar-refractivity contribution in [2.75, 3.05) is 7.05 Å². The maximum Gasteiger partial charge on any atom is 0.169 e. The molecule has 2 rings (SSSR count). The van der Waals surface area contributed by atoms with Gasteiger partial charge < -0.3 is 10.2 Å². The largest absolute Gasteiger partial charge is 0.367 e. The van der Waals surface area contributed by atoms with E-state index >= 15 is 0 Å². The topological polar surface area (TPSA) is 43.7 Å². The second kappa shape index (κ2) is 6.69. The minimum Gasteiger partial charge on any atom is -0.367 e. The van der Waals surface area contributed by atoms with Crippen LogP contribution in [0.25, 0.3) is 0 Å². The van der Waals surface area contributed by atoms with Crippen molar-refractivity contribution in [1.82, 2.24) is 4.90 Å². The zero-order valence-corrected chi connectivity index (χ0v) is 19.1. The maximum atomic E-state index is 12.1. The third-order valence-corrected chi connectivity index (χ3v) is 5.78. The molecule has 0 amide bonds. The van der Waals surface area contributed by atoms with Gasteiger partial charge in [-0.15, -0.1) is 0 Å². The Bertz CT molecular complexity index is 769. The second-order valence-corrected chi connectivity index (χ2v) is 10.3. The molecule has 0 aromatic heterocycles. The molecular weight excluding hydrogens is 346 g/mol. The van der Waals surface area contributed by atoms with Crippen molar-refractivity contribution < 1.29 is 10.2 Å². The third kappa shape index (κ3) is 3.41. The number of hydrogen-bond acceptors (Lipinski definition) is 3. The molecule has 2 N–H and O–H groups in total. The van der Waals surface area contributed by atoms with Gasteiger partial charge >= 0.3 is 0 Å². The summed E-state index contributed by atoms with van der Waals surface area (Å²) in [5.74, 6) is 0. The van der Waals surface area contributed by atoms with E-state index in [2.05, 4.69) is 54.7 Å². The Hall–Kier alpha value is -1.68. The van der Waals surface area contributed by atoms with E-state index in [4.69, 9.17) is 0 Å². The SMILES string of the molecule is C=C1C=C(C)C=C(C(C)(C)C)C1(O)N(C)C1(O)C(=C)C=C(C)C=C1C(C)(C)C. The molecule has 0 aromatic carbocycles. The number of nitrogens with zero attached hydrogens (tertiary/aromatic N) is 1. The average molecular weight is 384 g/mol. The van der Waals surface area contributed by atoms with Gasteiger partial charge in [0.1, 0.15) is 0 Å². The van der Waals surface area contributed by atoms with Crippen molar-refractivity contribution in [2.45, 2.75) is 66.8 Å². The normalized spacial score (nSPS) is 29.4. The molecule has 0 bridgehead atoms. The Balaban J connectivity index is 2.76. The summed E-state index contributed by atoms with van der Waals surface area (Å²) in [5, 5.41) is 24.1. The fraction of sp³-hybridized carbons (Fsp3) is 0.520. The highest BCUT2D eigenvalue weighted by atomic mass is 16.3. The molecule has 0 radical (unpaired) electrons. The van der Waals surface area contributed by atoms with Gasteiger partial charge in [-0.3, -0.25) is 0 Å². The summed E-state index contributed by atoms with van der Waals surface area (Å²) in [6.07, 6.45) is 7.76. The van der Waals surface area contributed by atoms with Gasteiger partial charge in [-0.1, -0.05) is 90.2 Å². The molecule has 0 saturated heterocycles. The van der Waals surface area contributed by atoms with E-state index < -0.39 is 11.4 Å². The van der Waals surface area contributed by atoms with Gasteiger partial charge in [-0.25, -0.2) is 4.90 Å². The van der Waals surface area contributed by atoms with E-state index in [1.807, 2.05) is 38.2 Å². The first-order valence-electron chi connectivity index (χ1n) is 9.86. The van der Waals surface area contributed by atoms with E-state index in [1.165, 1.54) is 0 Å². The highest BCUT2D eigenvalue weighted by molar-refractivity contribution is 5.54. The second-order valence-electron chi connectivity index (χ2n) is 10.3. The molecule has 2 unspecified atom stereocenters. The number of hydrogen-bond donors (Lipinski definition) is 2. The maximum absolute atomic E-state index is 12.1. The van der Waals surface area contributed by atoms with E-state index in [0.717, 1.165) is 22.3 Å². The summed E-state index contributed by atoms with van der Waals surface area (Å²) < 4.78 is 0. The van der Waals surface area contributed by atoms with Crippen molar-refractivity contribution in [1.29, 1.82) is 0 Å². The molecular formula is C25H37NO2. The van der Waals surface area contributed by atoms with Crippen LogP contribution in [-0.4, -0.2) is 33.6 Å². The van der Waals surface area contributed by atoms with Crippen molar-refractivity contribution in [3.05, 3.63) is 70.9 Å². The summed E-state index contributed by atoms with van der Waals surface area (Å²) in [7, 11) is 1.75. The summed E-state index contributed by atoms with van der Waals surface area (Å²) in [4.78, 5) is 1.63. The Morgan fingerprint density at radius 2 is 1.00 bits per heavy atom. The first-order chi connectivity index (χ1) is 12.5. The molecule has 28 heavy (non-hydrogen) atoms. The fourth-order valence-corrected chi connectivity index (χ4v) is 4.34. The van der Waals surface area contributed by atoms with Crippen LogP contribution in [0.4, 0.5) is 0 Å². The minimum absolute atomic E-state index is 0.328.